The molecule has 2 aliphatic rings. The van der Waals surface area contributed by atoms with Crippen molar-refractivity contribution in [2.45, 2.75) is 32.9 Å². The molecule has 30 heavy (non-hydrogen) atoms. The Morgan fingerprint density at radius 3 is 2.60 bits per heavy atom. The third-order valence-electron chi connectivity index (χ3n) is 5.45. The quantitative estimate of drug-likeness (QED) is 0.761. The number of imide groups is 1. The molecule has 3 amide bonds. The highest BCUT2D eigenvalue weighted by atomic mass is 35.5. The average Bonchev–Trinajstić information content (AvgIpc) is 3.21. The number of rotatable bonds is 4. The summed E-state index contributed by atoms with van der Waals surface area (Å²) in [7, 11) is 0. The Labute approximate surface area is 178 Å². The molecule has 2 aliphatic heterocycles. The number of carbonyl (C=O) groups excluding carboxylic acids is 3. The number of hydrogen-bond acceptors (Lipinski definition) is 6. The van der Waals surface area contributed by atoms with Gasteiger partial charge in [0.25, 0.3) is 11.8 Å². The molecular weight excluding hydrogens is 406 g/mol. The standard InChI is InChI=1S/C21H20ClN5O3/c1-11-7-8-14(9-12(11)2)27-20(29)18-19(21(27)30)26(25-24-18)10-17(28)23-16-6-4-5-15(22)13(16)3/h4-9,18-19H,10H2,1-3H3,(H,23,28)/t18-,19+/m1/s1. The second-order valence-electron chi connectivity index (χ2n) is 7.43. The van der Waals surface area contributed by atoms with Gasteiger partial charge < -0.3 is 5.32 Å². The number of halogens is 1. The Morgan fingerprint density at radius 2 is 1.87 bits per heavy atom. The lowest BCUT2D eigenvalue weighted by atomic mass is 10.1. The van der Waals surface area contributed by atoms with Gasteiger partial charge in [-0.05, 0) is 61.7 Å². The first kappa shape index (κ1) is 20.0. The minimum atomic E-state index is -0.945. The molecule has 9 heteroatoms. The van der Waals surface area contributed by atoms with E-state index in [1.165, 1.54) is 5.01 Å². The van der Waals surface area contributed by atoms with Gasteiger partial charge in [0.2, 0.25) is 5.91 Å². The van der Waals surface area contributed by atoms with Crippen molar-refractivity contribution in [1.29, 1.82) is 0 Å². The fourth-order valence-corrected chi connectivity index (χ4v) is 3.73. The van der Waals surface area contributed by atoms with Crippen LogP contribution in [0.25, 0.3) is 0 Å². The first-order chi connectivity index (χ1) is 14.3. The fraction of sp³-hybridized carbons (Fsp3) is 0.286. The molecule has 0 aromatic heterocycles. The summed E-state index contributed by atoms with van der Waals surface area (Å²) in [6.45, 7) is 5.46. The van der Waals surface area contributed by atoms with Crippen molar-refractivity contribution in [2.24, 2.45) is 10.3 Å². The lowest BCUT2D eigenvalue weighted by Crippen LogP contribution is -2.43. The molecule has 2 atom stereocenters. The van der Waals surface area contributed by atoms with Crippen LogP contribution in [0.15, 0.2) is 46.7 Å². The number of nitrogens with one attached hydrogen (secondary N) is 1. The summed E-state index contributed by atoms with van der Waals surface area (Å²) in [4.78, 5) is 39.5. The second kappa shape index (κ2) is 7.53. The maximum Gasteiger partial charge on any atom is 0.263 e. The van der Waals surface area contributed by atoms with E-state index >= 15 is 0 Å². The van der Waals surface area contributed by atoms with Crippen LogP contribution in [0.2, 0.25) is 5.02 Å². The number of aryl methyl sites for hydroxylation is 2. The van der Waals surface area contributed by atoms with E-state index in [-0.39, 0.29) is 12.5 Å². The van der Waals surface area contributed by atoms with Gasteiger partial charge in [-0.1, -0.05) is 29.0 Å². The van der Waals surface area contributed by atoms with Gasteiger partial charge in [0, 0.05) is 10.7 Å². The van der Waals surface area contributed by atoms with Crippen molar-refractivity contribution in [3.05, 3.63) is 58.1 Å². The zero-order valence-corrected chi connectivity index (χ0v) is 17.5. The van der Waals surface area contributed by atoms with E-state index in [1.807, 2.05) is 19.9 Å². The predicted molar refractivity (Wildman–Crippen MR) is 112 cm³/mol. The molecule has 0 bridgehead atoms. The van der Waals surface area contributed by atoms with Crippen LogP contribution in [0.3, 0.4) is 0 Å². The normalized spacial score (nSPS) is 20.1. The molecule has 1 N–H and O–H groups in total. The lowest BCUT2D eigenvalue weighted by Gasteiger charge is -2.21. The van der Waals surface area contributed by atoms with Crippen molar-refractivity contribution in [3.63, 3.8) is 0 Å². The highest BCUT2D eigenvalue weighted by Gasteiger charge is 2.55. The van der Waals surface area contributed by atoms with Crippen LogP contribution in [0.1, 0.15) is 16.7 Å². The molecule has 2 heterocycles. The van der Waals surface area contributed by atoms with Gasteiger partial charge in [-0.3, -0.25) is 19.4 Å². The maximum absolute atomic E-state index is 13.0. The van der Waals surface area contributed by atoms with Crippen molar-refractivity contribution >= 4 is 40.7 Å². The third kappa shape index (κ3) is 3.33. The Hall–Kier alpha value is -3.26. The third-order valence-corrected chi connectivity index (χ3v) is 5.86. The molecule has 0 saturated carbocycles. The Morgan fingerprint density at radius 1 is 1.10 bits per heavy atom. The minimum Gasteiger partial charge on any atom is -0.324 e. The van der Waals surface area contributed by atoms with Crippen molar-refractivity contribution in [2.75, 3.05) is 16.8 Å². The zero-order valence-electron chi connectivity index (χ0n) is 16.7. The van der Waals surface area contributed by atoms with Crippen LogP contribution in [-0.2, 0) is 14.4 Å². The van der Waals surface area contributed by atoms with Crippen LogP contribution in [0.4, 0.5) is 11.4 Å². The highest BCUT2D eigenvalue weighted by molar-refractivity contribution is 6.31. The molecule has 0 aliphatic carbocycles. The summed E-state index contributed by atoms with van der Waals surface area (Å²) in [5, 5.41) is 12.4. The van der Waals surface area contributed by atoms with E-state index in [0.717, 1.165) is 21.6 Å². The van der Waals surface area contributed by atoms with Crippen molar-refractivity contribution < 1.29 is 14.4 Å². The Kier molecular flexibility index (Phi) is 5.03. The highest BCUT2D eigenvalue weighted by Crippen LogP contribution is 2.32. The molecule has 8 nitrogen and oxygen atoms in total. The molecule has 154 valence electrons. The molecule has 1 saturated heterocycles. The molecule has 0 spiro atoms. The van der Waals surface area contributed by atoms with Gasteiger partial charge in [-0.25, -0.2) is 4.90 Å². The fourth-order valence-electron chi connectivity index (χ4n) is 3.55. The van der Waals surface area contributed by atoms with E-state index in [2.05, 4.69) is 15.7 Å². The van der Waals surface area contributed by atoms with Gasteiger partial charge in [0.05, 0.1) is 5.69 Å². The van der Waals surface area contributed by atoms with Gasteiger partial charge in [0.1, 0.15) is 6.54 Å². The molecular formula is C21H20ClN5O3. The summed E-state index contributed by atoms with van der Waals surface area (Å²) < 4.78 is 0. The van der Waals surface area contributed by atoms with Crippen LogP contribution in [-0.4, -0.2) is 41.4 Å². The zero-order chi connectivity index (χ0) is 21.6. The number of anilines is 2. The second-order valence-corrected chi connectivity index (χ2v) is 7.84. The molecule has 2 aromatic carbocycles. The van der Waals surface area contributed by atoms with E-state index < -0.39 is 23.9 Å². The number of nitrogens with zero attached hydrogens (tertiary/aromatic N) is 4. The van der Waals surface area contributed by atoms with Gasteiger partial charge >= 0.3 is 0 Å². The molecule has 0 radical (unpaired) electrons. The predicted octanol–water partition coefficient (Wildman–Crippen LogP) is 3.20. The van der Waals surface area contributed by atoms with Crippen molar-refractivity contribution in [3.8, 4) is 0 Å². The van der Waals surface area contributed by atoms with Crippen LogP contribution in [0.5, 0.6) is 0 Å². The number of fused-ring (bicyclic) bond motifs is 1. The summed E-state index contributed by atoms with van der Waals surface area (Å²) in [5.41, 5.74) is 3.84. The number of carbonyl (C=O) groups is 3. The largest absolute Gasteiger partial charge is 0.324 e. The van der Waals surface area contributed by atoms with Crippen LogP contribution in [0, 0.1) is 20.8 Å². The van der Waals surface area contributed by atoms with Crippen LogP contribution < -0.4 is 10.2 Å². The molecule has 0 unspecified atom stereocenters. The smallest absolute Gasteiger partial charge is 0.263 e. The van der Waals surface area contributed by atoms with Gasteiger partial charge in [0.15, 0.2) is 12.1 Å². The number of amides is 3. The average molecular weight is 426 g/mol. The van der Waals surface area contributed by atoms with E-state index in [9.17, 15) is 14.4 Å². The first-order valence-corrected chi connectivity index (χ1v) is 9.83. The maximum atomic E-state index is 13.0. The van der Waals surface area contributed by atoms with Gasteiger partial charge in [-0.2, -0.15) is 5.11 Å². The molecule has 2 aromatic rings. The number of benzene rings is 2. The van der Waals surface area contributed by atoms with E-state index in [1.54, 1.807) is 37.3 Å². The minimum absolute atomic E-state index is 0.212. The summed E-state index contributed by atoms with van der Waals surface area (Å²) in [5.74, 6) is -1.26. The van der Waals surface area contributed by atoms with E-state index in [4.69, 9.17) is 11.6 Å². The summed E-state index contributed by atoms with van der Waals surface area (Å²) in [6, 6.07) is 8.72. The topological polar surface area (TPSA) is 94.4 Å². The Balaban J connectivity index is 1.51. The van der Waals surface area contributed by atoms with E-state index in [0.29, 0.717) is 16.4 Å². The first-order valence-electron chi connectivity index (χ1n) is 9.45. The SMILES string of the molecule is Cc1ccc(N2C(=O)[C@@H]3[C@@H](N=NN3CC(=O)Nc3cccc(Cl)c3C)C2=O)cc1C. The van der Waals surface area contributed by atoms with Gasteiger partial charge in [-0.15, -0.1) is 0 Å². The Bertz CT molecular complexity index is 1100. The molecule has 1 fully saturated rings. The summed E-state index contributed by atoms with van der Waals surface area (Å²) >= 11 is 6.09. The van der Waals surface area contributed by atoms with Crippen LogP contribution >= 0.6 is 11.6 Å². The lowest BCUT2D eigenvalue weighted by molar-refractivity contribution is -0.123. The number of hydrogen-bond donors (Lipinski definition) is 1. The molecule has 4 rings (SSSR count). The monoisotopic (exact) mass is 425 g/mol. The summed E-state index contributed by atoms with van der Waals surface area (Å²) in [6.07, 6.45) is 0. The van der Waals surface area contributed by atoms with Crippen molar-refractivity contribution in [1.82, 2.24) is 5.01 Å².